The van der Waals surface area contributed by atoms with E-state index in [1.54, 1.807) is 63.6 Å². The third-order valence-corrected chi connectivity index (χ3v) is 4.47. The molecule has 1 unspecified atom stereocenters. The molecule has 2 N–H and O–H groups in total. The highest BCUT2D eigenvalue weighted by Gasteiger charge is 2.17. The van der Waals surface area contributed by atoms with Gasteiger partial charge in [0.05, 0.1) is 31.0 Å². The summed E-state index contributed by atoms with van der Waals surface area (Å²) < 4.78 is 11.6. The number of ether oxygens (including phenoxy) is 2. The van der Waals surface area contributed by atoms with Crippen molar-refractivity contribution < 1.29 is 14.3 Å². The second kappa shape index (κ2) is 7.99. The summed E-state index contributed by atoms with van der Waals surface area (Å²) in [7, 11) is 3.09. The van der Waals surface area contributed by atoms with Crippen LogP contribution in [0.1, 0.15) is 18.5 Å². The monoisotopic (exact) mass is 383 g/mol. The quantitative estimate of drug-likeness (QED) is 0.673. The second-order valence-electron chi connectivity index (χ2n) is 6.27. The van der Waals surface area contributed by atoms with Crippen LogP contribution in [0.5, 0.6) is 11.5 Å². The zero-order chi connectivity index (χ0) is 20.3. The number of methoxy groups -OCH3 is 2. The number of nitrogens with one attached hydrogen (secondary N) is 2. The van der Waals surface area contributed by atoms with E-state index < -0.39 is 23.1 Å². The lowest BCUT2D eigenvalue weighted by Crippen LogP contribution is -2.37. The predicted octanol–water partition coefficient (Wildman–Crippen LogP) is 1.58. The summed E-state index contributed by atoms with van der Waals surface area (Å²) in [5.41, 5.74) is -0.128. The fraction of sp³-hybridized carbons (Fsp3) is 0.250. The highest BCUT2D eigenvalue weighted by atomic mass is 16.5. The molecule has 0 spiro atoms. The van der Waals surface area contributed by atoms with Gasteiger partial charge in [-0.2, -0.15) is 0 Å². The lowest BCUT2D eigenvalue weighted by Gasteiger charge is -2.18. The molecule has 3 aromatic rings. The highest BCUT2D eigenvalue weighted by Crippen LogP contribution is 2.29. The number of hydrogen-bond acceptors (Lipinski definition) is 5. The Balaban J connectivity index is 1.83. The number of aromatic amines is 1. The first-order chi connectivity index (χ1) is 13.4. The van der Waals surface area contributed by atoms with Crippen molar-refractivity contribution in [1.29, 1.82) is 0 Å². The van der Waals surface area contributed by atoms with Crippen LogP contribution in [0.3, 0.4) is 0 Å². The molecule has 0 radical (unpaired) electrons. The average molecular weight is 383 g/mol. The molecule has 0 aliphatic carbocycles. The molecule has 0 aliphatic rings. The SMILES string of the molecule is COc1ccc(OC)c(C(C)NC(=O)Cn2[nH]c(=O)c3ccccc3c2=O)c1. The Kier molecular flexibility index (Phi) is 5.49. The van der Waals surface area contributed by atoms with Crippen LogP contribution in [0.2, 0.25) is 0 Å². The van der Waals surface area contributed by atoms with Crippen LogP contribution in [-0.4, -0.2) is 29.9 Å². The number of hydrogen-bond donors (Lipinski definition) is 2. The van der Waals surface area contributed by atoms with Crippen LogP contribution in [0.15, 0.2) is 52.1 Å². The molecule has 8 nitrogen and oxygen atoms in total. The van der Waals surface area contributed by atoms with Crippen molar-refractivity contribution in [3.63, 3.8) is 0 Å². The Morgan fingerprint density at radius 3 is 2.50 bits per heavy atom. The van der Waals surface area contributed by atoms with Gasteiger partial charge < -0.3 is 14.8 Å². The van der Waals surface area contributed by atoms with Crippen LogP contribution in [0.25, 0.3) is 10.8 Å². The first-order valence-corrected chi connectivity index (χ1v) is 8.67. The van der Waals surface area contributed by atoms with Gasteiger partial charge in [0.15, 0.2) is 0 Å². The van der Waals surface area contributed by atoms with E-state index in [0.29, 0.717) is 16.9 Å². The number of H-pyrrole nitrogens is 1. The lowest BCUT2D eigenvalue weighted by molar-refractivity contribution is -0.122. The van der Waals surface area contributed by atoms with Gasteiger partial charge in [-0.3, -0.25) is 19.5 Å². The van der Waals surface area contributed by atoms with Crippen molar-refractivity contribution in [2.75, 3.05) is 14.2 Å². The van der Waals surface area contributed by atoms with Crippen LogP contribution in [-0.2, 0) is 11.3 Å². The Hall–Kier alpha value is -3.55. The number of benzene rings is 2. The Bertz CT molecular complexity index is 1130. The molecule has 2 aromatic carbocycles. The molecule has 1 amide bonds. The fourth-order valence-corrected chi connectivity index (χ4v) is 3.04. The number of rotatable bonds is 6. The van der Waals surface area contributed by atoms with Crippen molar-refractivity contribution in [2.45, 2.75) is 19.5 Å². The lowest BCUT2D eigenvalue weighted by atomic mass is 10.1. The van der Waals surface area contributed by atoms with Crippen molar-refractivity contribution in [1.82, 2.24) is 15.1 Å². The van der Waals surface area contributed by atoms with Crippen molar-refractivity contribution in [3.8, 4) is 11.5 Å². The van der Waals surface area contributed by atoms with E-state index in [2.05, 4.69) is 10.4 Å². The van der Waals surface area contributed by atoms with Gasteiger partial charge in [-0.05, 0) is 37.3 Å². The van der Waals surface area contributed by atoms with Gasteiger partial charge in [0, 0.05) is 5.56 Å². The summed E-state index contributed by atoms with van der Waals surface area (Å²) >= 11 is 0. The summed E-state index contributed by atoms with van der Waals surface area (Å²) in [5.74, 6) is 0.808. The minimum Gasteiger partial charge on any atom is -0.497 e. The Labute approximate surface area is 160 Å². The van der Waals surface area contributed by atoms with Gasteiger partial charge >= 0.3 is 0 Å². The van der Waals surface area contributed by atoms with E-state index in [-0.39, 0.29) is 11.9 Å². The molecule has 8 heteroatoms. The summed E-state index contributed by atoms with van der Waals surface area (Å²) in [6.07, 6.45) is 0. The van der Waals surface area contributed by atoms with Crippen LogP contribution < -0.4 is 25.9 Å². The minimum absolute atomic E-state index is 0.265. The van der Waals surface area contributed by atoms with E-state index in [1.807, 2.05) is 0 Å². The topological polar surface area (TPSA) is 102 Å². The zero-order valence-corrected chi connectivity index (χ0v) is 15.8. The van der Waals surface area contributed by atoms with Crippen molar-refractivity contribution in [2.24, 2.45) is 0 Å². The van der Waals surface area contributed by atoms with E-state index in [0.717, 1.165) is 10.2 Å². The number of fused-ring (bicyclic) bond motifs is 1. The summed E-state index contributed by atoms with van der Waals surface area (Å²) in [5, 5.41) is 5.81. The maximum Gasteiger partial charge on any atom is 0.273 e. The van der Waals surface area contributed by atoms with Gasteiger partial charge in [-0.25, -0.2) is 4.68 Å². The van der Waals surface area contributed by atoms with Gasteiger partial charge in [-0.15, -0.1) is 0 Å². The van der Waals surface area contributed by atoms with E-state index in [9.17, 15) is 14.4 Å². The number of amides is 1. The third kappa shape index (κ3) is 3.75. The summed E-state index contributed by atoms with van der Waals surface area (Å²) in [6, 6.07) is 11.4. The van der Waals surface area contributed by atoms with Crippen LogP contribution in [0, 0.1) is 0 Å². The predicted molar refractivity (Wildman–Crippen MR) is 105 cm³/mol. The van der Waals surface area contributed by atoms with Crippen LogP contribution in [0.4, 0.5) is 0 Å². The largest absolute Gasteiger partial charge is 0.497 e. The standard InChI is InChI=1S/C20H21N3O5/c1-12(16-10-13(27-2)8-9-17(16)28-3)21-18(24)11-23-20(26)15-7-5-4-6-14(15)19(25)22-23/h4-10,12H,11H2,1-3H3,(H,21,24)(H,22,25). The summed E-state index contributed by atoms with van der Waals surface area (Å²) in [4.78, 5) is 37.2. The zero-order valence-electron chi connectivity index (χ0n) is 15.8. The molecule has 0 aliphatic heterocycles. The van der Waals surface area contributed by atoms with Gasteiger partial charge in [-0.1, -0.05) is 12.1 Å². The Morgan fingerprint density at radius 1 is 1.11 bits per heavy atom. The fourth-order valence-electron chi connectivity index (χ4n) is 3.04. The molecule has 0 bridgehead atoms. The van der Waals surface area contributed by atoms with Gasteiger partial charge in [0.2, 0.25) is 5.91 Å². The van der Waals surface area contributed by atoms with Crippen molar-refractivity contribution >= 4 is 16.7 Å². The first kappa shape index (κ1) is 19.2. The number of nitrogens with zero attached hydrogens (tertiary/aromatic N) is 1. The second-order valence-corrected chi connectivity index (χ2v) is 6.27. The smallest absolute Gasteiger partial charge is 0.273 e. The molecule has 28 heavy (non-hydrogen) atoms. The average Bonchev–Trinajstić information content (AvgIpc) is 2.71. The molecule has 146 valence electrons. The first-order valence-electron chi connectivity index (χ1n) is 8.67. The number of carbonyl (C=O) groups is 1. The Morgan fingerprint density at radius 2 is 1.82 bits per heavy atom. The molecule has 0 saturated heterocycles. The van der Waals surface area contributed by atoms with Gasteiger partial charge in [0.1, 0.15) is 18.0 Å². The van der Waals surface area contributed by atoms with E-state index in [4.69, 9.17) is 9.47 Å². The number of carbonyl (C=O) groups excluding carboxylic acids is 1. The molecule has 3 rings (SSSR count). The summed E-state index contributed by atoms with van der Waals surface area (Å²) in [6.45, 7) is 1.48. The van der Waals surface area contributed by atoms with Crippen LogP contribution >= 0.6 is 0 Å². The van der Waals surface area contributed by atoms with Gasteiger partial charge in [0.25, 0.3) is 11.1 Å². The molecular formula is C20H21N3O5. The molecule has 1 aromatic heterocycles. The van der Waals surface area contributed by atoms with E-state index >= 15 is 0 Å². The number of aromatic nitrogens is 2. The molecule has 0 fully saturated rings. The highest BCUT2D eigenvalue weighted by molar-refractivity contribution is 5.81. The van der Waals surface area contributed by atoms with Crippen molar-refractivity contribution in [3.05, 3.63) is 68.7 Å². The normalized spacial score (nSPS) is 11.8. The minimum atomic E-state index is -0.433. The molecule has 0 saturated carbocycles. The van der Waals surface area contributed by atoms with E-state index in [1.165, 1.54) is 0 Å². The molecular weight excluding hydrogens is 362 g/mol. The maximum atomic E-state index is 12.5. The molecule has 1 heterocycles. The maximum absolute atomic E-state index is 12.5. The molecule has 1 atom stereocenters. The third-order valence-electron chi connectivity index (χ3n) is 4.47.